The van der Waals surface area contributed by atoms with Crippen LogP contribution in [-0.4, -0.2) is 35.0 Å². The van der Waals surface area contributed by atoms with E-state index in [0.717, 1.165) is 6.42 Å². The number of nitrogens with zero attached hydrogens (tertiary/aromatic N) is 1. The van der Waals surface area contributed by atoms with Gasteiger partial charge in [-0.05, 0) is 6.42 Å². The minimum Gasteiger partial charge on any atom is -0.465 e. The third-order valence-corrected chi connectivity index (χ3v) is 2.83. The highest BCUT2D eigenvalue weighted by atomic mass is 16.4. The first-order chi connectivity index (χ1) is 5.61. The molecule has 0 unspecified atom stereocenters. The Hall–Kier alpha value is -1.06. The van der Waals surface area contributed by atoms with Crippen molar-refractivity contribution in [2.45, 2.75) is 19.3 Å². The number of carbonyl (C=O) groups is 2. The van der Waals surface area contributed by atoms with Crippen molar-refractivity contribution in [3.8, 4) is 0 Å². The van der Waals surface area contributed by atoms with Gasteiger partial charge in [0.15, 0.2) is 0 Å². The summed E-state index contributed by atoms with van der Waals surface area (Å²) in [5.41, 5.74) is 0.0372. The second kappa shape index (κ2) is 2.21. The number of Topliss-reactive ketones (excluding diaryl/α,β-unsaturated/α-hetero) is 1. The van der Waals surface area contributed by atoms with Crippen LogP contribution in [0.4, 0.5) is 4.79 Å². The van der Waals surface area contributed by atoms with Crippen molar-refractivity contribution >= 4 is 11.9 Å². The highest BCUT2D eigenvalue weighted by Crippen LogP contribution is 2.43. The highest BCUT2D eigenvalue weighted by Gasteiger charge is 2.49. The van der Waals surface area contributed by atoms with Gasteiger partial charge in [-0.2, -0.15) is 0 Å². The molecule has 1 saturated carbocycles. The Bertz CT molecular complexity index is 243. The topological polar surface area (TPSA) is 57.6 Å². The van der Waals surface area contributed by atoms with E-state index in [9.17, 15) is 9.59 Å². The minimum absolute atomic E-state index is 0.0372. The van der Waals surface area contributed by atoms with Crippen LogP contribution in [0.3, 0.4) is 0 Å². The summed E-state index contributed by atoms with van der Waals surface area (Å²) in [6.07, 6.45) is 1.26. The monoisotopic (exact) mass is 169 g/mol. The molecule has 0 bridgehead atoms. The number of hydrogen-bond acceptors (Lipinski definition) is 2. The van der Waals surface area contributed by atoms with Gasteiger partial charge in [0.2, 0.25) is 0 Å². The quantitative estimate of drug-likeness (QED) is 0.581. The lowest BCUT2D eigenvalue weighted by molar-refractivity contribution is -0.119. The van der Waals surface area contributed by atoms with E-state index < -0.39 is 6.09 Å². The SMILES string of the molecule is O=C1CCC2(C1)CN(C(=O)O)C2. The average molecular weight is 169 g/mol. The van der Waals surface area contributed by atoms with Crippen LogP contribution in [-0.2, 0) is 4.79 Å². The lowest BCUT2D eigenvalue weighted by atomic mass is 9.78. The first kappa shape index (κ1) is 7.58. The molecule has 2 fully saturated rings. The fraction of sp³-hybridized carbons (Fsp3) is 0.750. The molecule has 1 aliphatic carbocycles. The first-order valence-corrected chi connectivity index (χ1v) is 4.11. The van der Waals surface area contributed by atoms with Gasteiger partial charge in [-0.1, -0.05) is 0 Å². The molecular weight excluding hydrogens is 158 g/mol. The number of carboxylic acid groups (broad SMARTS) is 1. The van der Waals surface area contributed by atoms with Crippen molar-refractivity contribution < 1.29 is 14.7 Å². The second-order valence-corrected chi connectivity index (χ2v) is 3.85. The van der Waals surface area contributed by atoms with E-state index in [-0.39, 0.29) is 5.41 Å². The molecule has 0 aromatic carbocycles. The van der Waals surface area contributed by atoms with Gasteiger partial charge in [0, 0.05) is 31.3 Å². The minimum atomic E-state index is -0.861. The van der Waals surface area contributed by atoms with Crippen LogP contribution in [0.15, 0.2) is 0 Å². The normalized spacial score (nSPS) is 26.0. The number of ketones is 1. The first-order valence-electron chi connectivity index (χ1n) is 4.11. The largest absolute Gasteiger partial charge is 0.465 e. The second-order valence-electron chi connectivity index (χ2n) is 3.85. The molecule has 4 heteroatoms. The van der Waals surface area contributed by atoms with E-state index in [1.165, 1.54) is 4.90 Å². The standard InChI is InChI=1S/C8H11NO3/c10-6-1-2-8(3-6)4-9(5-8)7(11)12/h1-5H2,(H,11,12). The van der Waals surface area contributed by atoms with E-state index >= 15 is 0 Å². The summed E-state index contributed by atoms with van der Waals surface area (Å²) in [5, 5.41) is 8.58. The van der Waals surface area contributed by atoms with Crippen LogP contribution in [0.25, 0.3) is 0 Å². The number of rotatable bonds is 0. The molecule has 1 N–H and O–H groups in total. The van der Waals surface area contributed by atoms with Gasteiger partial charge in [0.05, 0.1) is 0 Å². The molecule has 0 radical (unpaired) electrons. The Kier molecular flexibility index (Phi) is 1.40. The van der Waals surface area contributed by atoms with Gasteiger partial charge < -0.3 is 10.0 Å². The maximum absolute atomic E-state index is 11.0. The molecule has 4 nitrogen and oxygen atoms in total. The molecule has 2 aliphatic rings. The molecule has 1 saturated heterocycles. The smallest absolute Gasteiger partial charge is 0.407 e. The molecule has 1 heterocycles. The van der Waals surface area contributed by atoms with E-state index in [2.05, 4.69) is 0 Å². The molecule has 1 spiro atoms. The zero-order valence-electron chi connectivity index (χ0n) is 6.75. The fourth-order valence-corrected chi connectivity index (χ4v) is 2.17. The molecule has 1 aliphatic heterocycles. The van der Waals surface area contributed by atoms with E-state index in [4.69, 9.17) is 5.11 Å². The molecule has 1 amide bonds. The predicted octanol–water partition coefficient (Wildman–Crippen LogP) is 0.719. The third-order valence-electron chi connectivity index (χ3n) is 2.83. The van der Waals surface area contributed by atoms with Crippen molar-refractivity contribution in [1.82, 2.24) is 4.90 Å². The molecule has 0 aromatic heterocycles. The number of amides is 1. The Morgan fingerprint density at radius 3 is 2.58 bits per heavy atom. The zero-order valence-corrected chi connectivity index (χ0v) is 6.75. The highest BCUT2D eigenvalue weighted by molar-refractivity contribution is 5.82. The summed E-state index contributed by atoms with van der Waals surface area (Å²) in [4.78, 5) is 22.8. The summed E-state index contributed by atoms with van der Waals surface area (Å²) >= 11 is 0. The number of carbonyl (C=O) groups excluding carboxylic acids is 1. The maximum Gasteiger partial charge on any atom is 0.407 e. The van der Waals surface area contributed by atoms with E-state index in [1.54, 1.807) is 0 Å². The maximum atomic E-state index is 11.0. The van der Waals surface area contributed by atoms with Gasteiger partial charge in [-0.3, -0.25) is 4.79 Å². The van der Waals surface area contributed by atoms with Gasteiger partial charge in [-0.25, -0.2) is 4.79 Å². The van der Waals surface area contributed by atoms with Crippen LogP contribution in [0, 0.1) is 5.41 Å². The molecule has 66 valence electrons. The van der Waals surface area contributed by atoms with Gasteiger partial charge in [0.1, 0.15) is 5.78 Å². The van der Waals surface area contributed by atoms with Crippen molar-refractivity contribution in [3.63, 3.8) is 0 Å². The lowest BCUT2D eigenvalue weighted by Crippen LogP contribution is -2.56. The van der Waals surface area contributed by atoms with Crippen molar-refractivity contribution in [1.29, 1.82) is 0 Å². The summed E-state index contributed by atoms with van der Waals surface area (Å²) in [6.45, 7) is 1.13. The summed E-state index contributed by atoms with van der Waals surface area (Å²) < 4.78 is 0. The third kappa shape index (κ3) is 0.983. The van der Waals surface area contributed by atoms with Gasteiger partial charge in [0.25, 0.3) is 0 Å². The number of likely N-dealkylation sites (tertiary alicyclic amines) is 1. The molecular formula is C8H11NO3. The zero-order chi connectivity index (χ0) is 8.77. The van der Waals surface area contributed by atoms with Crippen LogP contribution in [0.1, 0.15) is 19.3 Å². The lowest BCUT2D eigenvalue weighted by Gasteiger charge is -2.45. The number of hydrogen-bond donors (Lipinski definition) is 1. The average Bonchev–Trinajstić information content (AvgIpc) is 2.27. The predicted molar refractivity (Wildman–Crippen MR) is 40.9 cm³/mol. The van der Waals surface area contributed by atoms with E-state index in [1.807, 2.05) is 0 Å². The van der Waals surface area contributed by atoms with E-state index in [0.29, 0.717) is 31.7 Å². The van der Waals surface area contributed by atoms with Crippen molar-refractivity contribution in [2.24, 2.45) is 5.41 Å². The van der Waals surface area contributed by atoms with Gasteiger partial charge >= 0.3 is 6.09 Å². The van der Waals surface area contributed by atoms with Crippen molar-refractivity contribution in [2.75, 3.05) is 13.1 Å². The van der Waals surface area contributed by atoms with Crippen LogP contribution >= 0.6 is 0 Å². The van der Waals surface area contributed by atoms with Crippen molar-refractivity contribution in [3.05, 3.63) is 0 Å². The Morgan fingerprint density at radius 2 is 2.17 bits per heavy atom. The molecule has 12 heavy (non-hydrogen) atoms. The molecule has 0 atom stereocenters. The fourth-order valence-electron chi connectivity index (χ4n) is 2.17. The van der Waals surface area contributed by atoms with Crippen LogP contribution in [0.5, 0.6) is 0 Å². The Morgan fingerprint density at radius 1 is 1.50 bits per heavy atom. The Balaban J connectivity index is 1.95. The van der Waals surface area contributed by atoms with Crippen LogP contribution in [0.2, 0.25) is 0 Å². The summed E-state index contributed by atoms with van der Waals surface area (Å²) in [7, 11) is 0. The molecule has 2 rings (SSSR count). The van der Waals surface area contributed by atoms with Gasteiger partial charge in [-0.15, -0.1) is 0 Å². The molecule has 0 aromatic rings. The summed E-state index contributed by atoms with van der Waals surface area (Å²) in [6, 6.07) is 0. The van der Waals surface area contributed by atoms with Crippen LogP contribution < -0.4 is 0 Å². The Labute approximate surface area is 70.2 Å². The summed E-state index contributed by atoms with van der Waals surface area (Å²) in [5.74, 6) is 0.292.